The van der Waals surface area contributed by atoms with Crippen LogP contribution in [0.15, 0.2) is 271 Å². The maximum absolute atomic E-state index is 2.81. The summed E-state index contributed by atoms with van der Waals surface area (Å²) in [5.41, 5.74) is 13.1. The Bertz CT molecular complexity index is 3190. The highest BCUT2D eigenvalue weighted by Gasteiger charge is 2.57. The highest BCUT2D eigenvalue weighted by molar-refractivity contribution is 7.99. The number of para-hydroxylation sites is 1. The molecule has 0 amide bonds. The van der Waals surface area contributed by atoms with Gasteiger partial charge in [0.25, 0.3) is 0 Å². The summed E-state index contributed by atoms with van der Waals surface area (Å²) in [5.74, 6) is 0. The minimum atomic E-state index is -2.81. The maximum Gasteiger partial charge on any atom is 0.180 e. The van der Waals surface area contributed by atoms with E-state index in [1.807, 2.05) is 11.8 Å². The van der Waals surface area contributed by atoms with Crippen LogP contribution >= 0.6 is 11.8 Å². The lowest BCUT2D eigenvalue weighted by molar-refractivity contribution is 0.707. The molecule has 2 aliphatic heterocycles. The van der Waals surface area contributed by atoms with E-state index in [4.69, 9.17) is 0 Å². The Labute approximate surface area is 381 Å². The fraction of sp³-hybridized carbons (Fsp3) is 0.0164. The van der Waals surface area contributed by atoms with Crippen LogP contribution in [0.3, 0.4) is 0 Å². The Kier molecular flexibility index (Phi) is 9.40. The molecule has 0 saturated heterocycles. The molecule has 0 radical (unpaired) electrons. The average Bonchev–Trinajstić information content (AvgIpc) is 3.38. The molecule has 2 heterocycles. The van der Waals surface area contributed by atoms with Gasteiger partial charge in [0.15, 0.2) is 8.07 Å². The fourth-order valence-corrected chi connectivity index (χ4v) is 17.3. The van der Waals surface area contributed by atoms with Crippen LogP contribution in [-0.4, -0.2) is 8.07 Å². The molecule has 0 unspecified atom stereocenters. The van der Waals surface area contributed by atoms with Crippen molar-refractivity contribution in [3.05, 3.63) is 283 Å². The number of anilines is 3. The molecule has 0 aromatic heterocycles. The van der Waals surface area contributed by atoms with Crippen molar-refractivity contribution in [1.82, 2.24) is 0 Å². The first-order valence-corrected chi connectivity index (χ1v) is 24.9. The first-order chi connectivity index (χ1) is 31.7. The van der Waals surface area contributed by atoms with Gasteiger partial charge in [-0.15, -0.1) is 0 Å². The van der Waals surface area contributed by atoms with E-state index in [1.165, 1.54) is 75.0 Å². The first kappa shape index (κ1) is 38.3. The van der Waals surface area contributed by atoms with E-state index in [9.17, 15) is 0 Å². The van der Waals surface area contributed by atoms with Crippen LogP contribution < -0.4 is 25.6 Å². The first-order valence-electron chi connectivity index (χ1n) is 22.1. The number of hydrogen-bond donors (Lipinski definition) is 0. The normalized spacial score (nSPS) is 13.8. The number of hydrogen-bond acceptors (Lipinski definition) is 2. The number of fused-ring (bicyclic) bond motifs is 8. The van der Waals surface area contributed by atoms with Gasteiger partial charge in [0.05, 0.1) is 5.41 Å². The lowest BCUT2D eigenvalue weighted by atomic mass is 9.64. The van der Waals surface area contributed by atoms with E-state index >= 15 is 0 Å². The van der Waals surface area contributed by atoms with Crippen molar-refractivity contribution in [2.45, 2.75) is 15.2 Å². The van der Waals surface area contributed by atoms with Crippen molar-refractivity contribution in [3.63, 3.8) is 0 Å². The van der Waals surface area contributed by atoms with Gasteiger partial charge < -0.3 is 4.90 Å². The molecule has 0 aliphatic carbocycles. The Hall–Kier alpha value is -7.43. The molecule has 10 aromatic rings. The molecule has 302 valence electrons. The van der Waals surface area contributed by atoms with Crippen LogP contribution in [0.4, 0.5) is 17.1 Å². The Balaban J connectivity index is 1.04. The number of rotatable bonds is 7. The Morgan fingerprint density at radius 3 is 1.25 bits per heavy atom. The summed E-state index contributed by atoms with van der Waals surface area (Å²) in [4.78, 5) is 4.95. The second-order valence-electron chi connectivity index (χ2n) is 16.8. The highest BCUT2D eigenvalue weighted by atomic mass is 32.2. The molecule has 0 atom stereocenters. The SMILES string of the molecule is c1ccc(-c2ccc(N(c3ccccc3)c3ccc(-c4ccc5c(c4)C4(c6ccccc6S5)c5ccccc5[Si](c5ccccc5)(c5ccccc5)c5ccccc54)cc3)cc2)cc1. The largest absolute Gasteiger partial charge is 0.311 e. The topological polar surface area (TPSA) is 3.24 Å². The zero-order chi connectivity index (χ0) is 42.5. The maximum atomic E-state index is 2.51. The van der Waals surface area contributed by atoms with Gasteiger partial charge in [-0.2, -0.15) is 0 Å². The van der Waals surface area contributed by atoms with Crippen molar-refractivity contribution in [1.29, 1.82) is 0 Å². The zero-order valence-corrected chi connectivity index (χ0v) is 37.0. The lowest BCUT2D eigenvalue weighted by Crippen LogP contribution is -2.79. The van der Waals surface area contributed by atoms with E-state index in [1.54, 1.807) is 0 Å². The van der Waals surface area contributed by atoms with Gasteiger partial charge in [0.1, 0.15) is 0 Å². The molecule has 1 nitrogen and oxygen atoms in total. The summed E-state index contributed by atoms with van der Waals surface area (Å²) in [6, 6.07) is 97.3. The Morgan fingerprint density at radius 1 is 0.297 bits per heavy atom. The zero-order valence-electron chi connectivity index (χ0n) is 35.2. The second kappa shape index (κ2) is 15.7. The Morgan fingerprint density at radius 2 is 0.688 bits per heavy atom. The predicted molar refractivity (Wildman–Crippen MR) is 272 cm³/mol. The third kappa shape index (κ3) is 5.92. The lowest BCUT2D eigenvalue weighted by Gasteiger charge is -2.51. The van der Waals surface area contributed by atoms with Crippen LogP contribution in [-0.2, 0) is 5.41 Å². The van der Waals surface area contributed by atoms with Crippen LogP contribution in [0.5, 0.6) is 0 Å². The van der Waals surface area contributed by atoms with E-state index in [-0.39, 0.29) is 0 Å². The standard InChI is InChI=1S/C61H43NSSi/c1-5-19-44(20-6-1)45-33-38-49(39-34-45)62(48-21-7-2-8-22-48)50-40-35-46(36-41-50)47-37-42-58-56(43-47)61(53-27-13-16-30-57(53)63-58)54-28-14-17-31-59(54)64(51-23-9-3-10-24-51,52-25-11-4-12-26-52)60-32-18-15-29-55(60)61/h1-43H. The van der Waals surface area contributed by atoms with Gasteiger partial charge in [-0.3, -0.25) is 0 Å². The summed E-state index contributed by atoms with van der Waals surface area (Å²) < 4.78 is 0. The number of nitrogens with zero attached hydrogens (tertiary/aromatic N) is 1. The summed E-state index contributed by atoms with van der Waals surface area (Å²) in [6.45, 7) is 0. The van der Waals surface area contributed by atoms with E-state index in [2.05, 4.69) is 266 Å². The monoisotopic (exact) mass is 849 g/mol. The van der Waals surface area contributed by atoms with Gasteiger partial charge in [0.2, 0.25) is 0 Å². The number of benzene rings is 10. The van der Waals surface area contributed by atoms with Gasteiger partial charge in [-0.05, 0) is 120 Å². The molecular weight excluding hydrogens is 807 g/mol. The molecule has 0 fully saturated rings. The van der Waals surface area contributed by atoms with Crippen LogP contribution in [0.1, 0.15) is 22.3 Å². The minimum Gasteiger partial charge on any atom is -0.311 e. The second-order valence-corrected chi connectivity index (χ2v) is 21.6. The molecule has 10 aromatic carbocycles. The van der Waals surface area contributed by atoms with Gasteiger partial charge in [0, 0.05) is 26.9 Å². The van der Waals surface area contributed by atoms with E-state index in [0.29, 0.717) is 0 Å². The quantitative estimate of drug-likeness (QED) is 0.147. The molecule has 2 aliphatic rings. The van der Waals surface area contributed by atoms with Crippen LogP contribution in [0.25, 0.3) is 22.3 Å². The minimum absolute atomic E-state index is 0.545. The van der Waals surface area contributed by atoms with Gasteiger partial charge >= 0.3 is 0 Å². The fourth-order valence-electron chi connectivity index (χ4n) is 10.8. The molecule has 1 spiro atoms. The molecular formula is C61H43NSSi. The predicted octanol–water partition coefficient (Wildman–Crippen LogP) is 13.0. The highest BCUT2D eigenvalue weighted by Crippen LogP contribution is 2.57. The van der Waals surface area contributed by atoms with Crippen molar-refractivity contribution >= 4 is 57.6 Å². The van der Waals surface area contributed by atoms with Crippen LogP contribution in [0.2, 0.25) is 0 Å². The van der Waals surface area contributed by atoms with Crippen LogP contribution in [0, 0.1) is 0 Å². The van der Waals surface area contributed by atoms with Crippen molar-refractivity contribution in [3.8, 4) is 22.3 Å². The molecule has 0 N–H and O–H groups in total. The summed E-state index contributed by atoms with van der Waals surface area (Å²) in [5, 5.41) is 5.71. The molecule has 0 saturated carbocycles. The molecule has 3 heteroatoms. The molecule has 64 heavy (non-hydrogen) atoms. The van der Waals surface area contributed by atoms with Gasteiger partial charge in [-0.1, -0.05) is 218 Å². The van der Waals surface area contributed by atoms with E-state index in [0.717, 1.165) is 17.1 Å². The third-order valence-electron chi connectivity index (χ3n) is 13.5. The molecule has 0 bridgehead atoms. The van der Waals surface area contributed by atoms with Crippen molar-refractivity contribution in [2.24, 2.45) is 0 Å². The smallest absolute Gasteiger partial charge is 0.180 e. The summed E-state index contributed by atoms with van der Waals surface area (Å²) in [6.07, 6.45) is 0. The average molecular weight is 850 g/mol. The van der Waals surface area contributed by atoms with Crippen molar-refractivity contribution < 1.29 is 0 Å². The van der Waals surface area contributed by atoms with E-state index < -0.39 is 13.5 Å². The summed E-state index contributed by atoms with van der Waals surface area (Å²) >= 11 is 1.90. The molecule has 12 rings (SSSR count). The van der Waals surface area contributed by atoms with Gasteiger partial charge in [-0.25, -0.2) is 0 Å². The summed E-state index contributed by atoms with van der Waals surface area (Å²) in [7, 11) is -2.81. The third-order valence-corrected chi connectivity index (χ3v) is 19.5. The van der Waals surface area contributed by atoms with Crippen molar-refractivity contribution in [2.75, 3.05) is 4.90 Å².